The van der Waals surface area contributed by atoms with Crippen LogP contribution in [0.25, 0.3) is 22.9 Å². The Morgan fingerprint density at radius 3 is 2.65 bits per heavy atom. The van der Waals surface area contributed by atoms with E-state index in [0.29, 0.717) is 29.4 Å². The van der Waals surface area contributed by atoms with Gasteiger partial charge in [-0.2, -0.15) is 18.3 Å². The van der Waals surface area contributed by atoms with Crippen LogP contribution in [0.2, 0.25) is 0 Å². The summed E-state index contributed by atoms with van der Waals surface area (Å²) in [5.41, 5.74) is 2.22. The molecule has 6 rings (SSSR count). The molecule has 0 unspecified atom stereocenters. The van der Waals surface area contributed by atoms with Gasteiger partial charge in [-0.1, -0.05) is 30.3 Å². The van der Waals surface area contributed by atoms with Gasteiger partial charge < -0.3 is 28.9 Å². The number of alkyl halides is 3. The zero-order valence-electron chi connectivity index (χ0n) is 22.6. The molecule has 0 spiro atoms. The topological polar surface area (TPSA) is 128 Å². The lowest BCUT2D eigenvalue weighted by Crippen LogP contribution is -2.58. The third-order valence-corrected chi connectivity index (χ3v) is 7.21. The lowest BCUT2D eigenvalue weighted by Gasteiger charge is -2.40. The summed E-state index contributed by atoms with van der Waals surface area (Å²) in [5, 5.41) is 13.7. The van der Waals surface area contributed by atoms with Gasteiger partial charge in [-0.05, 0) is 17.7 Å². The van der Waals surface area contributed by atoms with Crippen LogP contribution < -0.4 is 9.64 Å². The summed E-state index contributed by atoms with van der Waals surface area (Å²) >= 11 is 0. The number of ether oxygens (including phenoxy) is 2. The van der Waals surface area contributed by atoms with Crippen LogP contribution in [0.15, 0.2) is 61.1 Å². The molecule has 2 aromatic carbocycles. The van der Waals surface area contributed by atoms with Crippen LogP contribution in [0.3, 0.4) is 0 Å². The number of piperazine rings is 1. The Bertz CT molecular complexity index is 1640. The second-order valence-electron chi connectivity index (χ2n) is 10.1. The van der Waals surface area contributed by atoms with Crippen LogP contribution >= 0.6 is 0 Å². The second-order valence-corrected chi connectivity index (χ2v) is 10.1. The third-order valence-electron chi connectivity index (χ3n) is 7.21. The largest absolute Gasteiger partial charge is 0.491 e. The molecule has 1 fully saturated rings. The third kappa shape index (κ3) is 5.96. The van der Waals surface area contributed by atoms with Crippen molar-refractivity contribution in [2.45, 2.75) is 31.9 Å². The molecule has 2 aliphatic rings. The van der Waals surface area contributed by atoms with E-state index in [1.54, 1.807) is 33.9 Å². The molecule has 12 nitrogen and oxygen atoms in total. The first-order valence-electron chi connectivity index (χ1n) is 13.4. The number of halogens is 3. The number of hydrogen-bond donors (Lipinski definition) is 1. The first kappa shape index (κ1) is 28.1. The molecule has 224 valence electrons. The van der Waals surface area contributed by atoms with Crippen molar-refractivity contribution in [1.29, 1.82) is 0 Å². The van der Waals surface area contributed by atoms with Gasteiger partial charge in [0.25, 0.3) is 0 Å². The smallest absolute Gasteiger partial charge is 0.410 e. The number of hydrogen-bond acceptors (Lipinski definition) is 8. The molecule has 1 atom stereocenters. The zero-order chi connectivity index (χ0) is 30.1. The van der Waals surface area contributed by atoms with E-state index in [1.807, 2.05) is 30.3 Å². The van der Waals surface area contributed by atoms with E-state index in [1.165, 1.54) is 4.90 Å². The summed E-state index contributed by atoms with van der Waals surface area (Å²) in [6.45, 7) is -0.174. The lowest BCUT2D eigenvalue weighted by atomic mass is 10.1. The number of imidazole rings is 1. The summed E-state index contributed by atoms with van der Waals surface area (Å²) in [4.78, 5) is 36.6. The number of anilines is 1. The number of carboxylic acid groups (broad SMARTS) is 1. The normalized spacial score (nSPS) is 16.6. The fourth-order valence-electron chi connectivity index (χ4n) is 5.18. The van der Waals surface area contributed by atoms with Gasteiger partial charge in [0.15, 0.2) is 5.82 Å². The van der Waals surface area contributed by atoms with Crippen molar-refractivity contribution in [1.82, 2.24) is 29.2 Å². The van der Waals surface area contributed by atoms with E-state index in [0.717, 1.165) is 16.6 Å². The number of rotatable bonds is 6. The highest BCUT2D eigenvalue weighted by Crippen LogP contribution is 2.37. The SMILES string of the molecule is O=C(O)[C@@H]1CN(C(=O)OCc2ccccc2)CCN1c1ccc2c(c1)OCCn1cc(-c3ncnn3CC(F)(F)F)nc1-2. The van der Waals surface area contributed by atoms with Gasteiger partial charge in [0, 0.05) is 31.0 Å². The van der Waals surface area contributed by atoms with Crippen molar-refractivity contribution >= 4 is 17.7 Å². The standard InChI is InChI=1S/C28H26F3N7O5/c29-28(30,31)16-38-25(32-17-33-38)21-13-35-10-11-42-23-12-19(6-7-20(23)24(35)34-21)37-9-8-36(14-22(37)26(39)40)27(41)43-15-18-4-2-1-3-5-18/h1-7,12-13,17,22H,8-11,14-16H2,(H,39,40)/t22-/m0/s1. The summed E-state index contributed by atoms with van der Waals surface area (Å²) < 4.78 is 53.0. The van der Waals surface area contributed by atoms with Crippen molar-refractivity contribution in [2.24, 2.45) is 0 Å². The molecule has 0 saturated carbocycles. The van der Waals surface area contributed by atoms with Crippen LogP contribution in [0.5, 0.6) is 5.75 Å². The van der Waals surface area contributed by atoms with Gasteiger partial charge >= 0.3 is 18.2 Å². The Kier molecular flexibility index (Phi) is 7.38. The van der Waals surface area contributed by atoms with Crippen molar-refractivity contribution in [3.63, 3.8) is 0 Å². The molecule has 4 aromatic rings. The molecular weight excluding hydrogens is 571 g/mol. The number of amides is 1. The van der Waals surface area contributed by atoms with E-state index in [9.17, 15) is 27.9 Å². The zero-order valence-corrected chi connectivity index (χ0v) is 22.6. The molecule has 2 aromatic heterocycles. The summed E-state index contributed by atoms with van der Waals surface area (Å²) in [5.74, 6) is -0.198. The number of fused-ring (bicyclic) bond motifs is 3. The molecule has 43 heavy (non-hydrogen) atoms. The van der Waals surface area contributed by atoms with Crippen LogP contribution in [0.1, 0.15) is 5.56 Å². The maximum Gasteiger partial charge on any atom is 0.410 e. The van der Waals surface area contributed by atoms with Crippen LogP contribution in [-0.2, 0) is 29.2 Å². The maximum atomic E-state index is 13.0. The summed E-state index contributed by atoms with van der Waals surface area (Å²) in [6, 6.07) is 13.3. The van der Waals surface area contributed by atoms with Crippen molar-refractivity contribution in [3.05, 3.63) is 66.6 Å². The van der Waals surface area contributed by atoms with Gasteiger partial charge in [-0.25, -0.2) is 24.2 Å². The van der Waals surface area contributed by atoms with Crippen LogP contribution in [0.4, 0.5) is 23.7 Å². The van der Waals surface area contributed by atoms with Gasteiger partial charge in [0.2, 0.25) is 0 Å². The van der Waals surface area contributed by atoms with Gasteiger partial charge in [-0.15, -0.1) is 0 Å². The number of carbonyl (C=O) groups is 2. The van der Waals surface area contributed by atoms with E-state index in [2.05, 4.69) is 15.1 Å². The van der Waals surface area contributed by atoms with Crippen LogP contribution in [-0.4, -0.2) is 84.8 Å². The first-order valence-corrected chi connectivity index (χ1v) is 13.4. The molecule has 4 heterocycles. The molecule has 1 saturated heterocycles. The highest BCUT2D eigenvalue weighted by molar-refractivity contribution is 5.81. The number of aliphatic carboxylic acids is 1. The Morgan fingerprint density at radius 2 is 1.88 bits per heavy atom. The molecule has 2 aliphatic heterocycles. The van der Waals surface area contributed by atoms with Crippen molar-refractivity contribution < 1.29 is 37.3 Å². The molecule has 1 amide bonds. The quantitative estimate of drug-likeness (QED) is 0.354. The highest BCUT2D eigenvalue weighted by atomic mass is 19.4. The first-order chi connectivity index (χ1) is 20.7. The second kappa shape index (κ2) is 11.3. The number of nitrogens with zero attached hydrogens (tertiary/aromatic N) is 7. The molecule has 15 heteroatoms. The van der Waals surface area contributed by atoms with E-state index in [-0.39, 0.29) is 44.4 Å². The van der Waals surface area contributed by atoms with Crippen LogP contribution in [0, 0.1) is 0 Å². The van der Waals surface area contributed by atoms with Crippen molar-refractivity contribution in [3.8, 4) is 28.7 Å². The summed E-state index contributed by atoms with van der Waals surface area (Å²) in [7, 11) is 0. The van der Waals surface area contributed by atoms with Gasteiger partial charge in [0.05, 0.1) is 18.7 Å². The fraction of sp³-hybridized carbons (Fsp3) is 0.321. The molecule has 1 N–H and O–H groups in total. The van der Waals surface area contributed by atoms with E-state index < -0.39 is 30.8 Å². The molecule has 0 aliphatic carbocycles. The minimum Gasteiger partial charge on any atom is -0.491 e. The Balaban J connectivity index is 1.21. The van der Waals surface area contributed by atoms with Crippen molar-refractivity contribution in [2.75, 3.05) is 31.1 Å². The number of carbonyl (C=O) groups excluding carboxylic acids is 1. The average molecular weight is 598 g/mol. The Morgan fingerprint density at radius 1 is 1.07 bits per heavy atom. The Labute approximate surface area is 242 Å². The monoisotopic (exact) mass is 597 g/mol. The molecular formula is C28H26F3N7O5. The minimum absolute atomic E-state index is 0.0125. The highest BCUT2D eigenvalue weighted by Gasteiger charge is 2.36. The van der Waals surface area contributed by atoms with E-state index in [4.69, 9.17) is 9.47 Å². The predicted molar refractivity (Wildman–Crippen MR) is 145 cm³/mol. The fourth-order valence-corrected chi connectivity index (χ4v) is 5.18. The Hall–Kier alpha value is -5.08. The van der Waals surface area contributed by atoms with Gasteiger partial charge in [0.1, 0.15) is 49.4 Å². The molecule has 0 bridgehead atoms. The average Bonchev–Trinajstić information content (AvgIpc) is 3.58. The predicted octanol–water partition coefficient (Wildman–Crippen LogP) is 3.68. The minimum atomic E-state index is -4.47. The number of benzene rings is 2. The van der Waals surface area contributed by atoms with Gasteiger partial charge in [-0.3, -0.25) is 0 Å². The summed E-state index contributed by atoms with van der Waals surface area (Å²) in [6.07, 6.45) is -2.41. The molecule has 0 radical (unpaired) electrons. The maximum absolute atomic E-state index is 13.0. The number of carboxylic acids is 1. The lowest BCUT2D eigenvalue weighted by molar-refractivity contribution is -0.142. The van der Waals surface area contributed by atoms with E-state index >= 15 is 0 Å². The number of aromatic nitrogens is 5.